The Morgan fingerprint density at radius 1 is 1.25 bits per heavy atom. The second kappa shape index (κ2) is 10.6. The molecule has 0 unspecified atom stereocenters. The van der Waals surface area contributed by atoms with E-state index in [2.05, 4.69) is 6.58 Å². The summed E-state index contributed by atoms with van der Waals surface area (Å²) in [6.07, 6.45) is 0.0506. The molecule has 0 amide bonds. The summed E-state index contributed by atoms with van der Waals surface area (Å²) in [5.41, 5.74) is 1.17. The molecule has 0 saturated heterocycles. The van der Waals surface area contributed by atoms with Gasteiger partial charge >= 0.3 is 5.97 Å². The first-order valence-corrected chi connectivity index (χ1v) is 7.68. The summed E-state index contributed by atoms with van der Waals surface area (Å²) in [5, 5.41) is 8.74. The molecule has 0 aliphatic rings. The minimum Gasteiger partial charge on any atom is -0.491 e. The Morgan fingerprint density at radius 2 is 1.92 bits per heavy atom. The number of ketones is 1. The van der Waals surface area contributed by atoms with E-state index in [1.54, 1.807) is 24.3 Å². The third-order valence-electron chi connectivity index (χ3n) is 3.27. The zero-order chi connectivity index (χ0) is 17.9. The van der Waals surface area contributed by atoms with E-state index < -0.39 is 12.1 Å². The van der Waals surface area contributed by atoms with Crippen LogP contribution in [0.1, 0.15) is 31.4 Å². The lowest BCUT2D eigenvalue weighted by atomic mass is 10.0. The van der Waals surface area contributed by atoms with Gasteiger partial charge in [0.05, 0.1) is 13.2 Å². The molecule has 0 heterocycles. The van der Waals surface area contributed by atoms with Crippen molar-refractivity contribution in [2.75, 3.05) is 26.9 Å². The summed E-state index contributed by atoms with van der Waals surface area (Å²) in [5.74, 6) is 0.0830. The Hall–Kier alpha value is -2.18. The van der Waals surface area contributed by atoms with Crippen LogP contribution in [0.3, 0.4) is 0 Å². The van der Waals surface area contributed by atoms with Crippen molar-refractivity contribution in [3.8, 4) is 5.75 Å². The first-order valence-electron chi connectivity index (χ1n) is 7.68. The first kappa shape index (κ1) is 19.9. The predicted octanol–water partition coefficient (Wildman–Crippen LogP) is 2.21. The smallest absolute Gasteiger partial charge is 0.303 e. The Kier molecular flexibility index (Phi) is 8.75. The highest BCUT2D eigenvalue weighted by atomic mass is 16.5. The Morgan fingerprint density at radius 3 is 2.46 bits per heavy atom. The van der Waals surface area contributed by atoms with Crippen LogP contribution in [-0.4, -0.2) is 43.8 Å². The second-order valence-corrected chi connectivity index (χ2v) is 5.24. The lowest BCUT2D eigenvalue weighted by molar-refractivity contribution is -0.147. The molecule has 132 valence electrons. The van der Waals surface area contributed by atoms with Gasteiger partial charge in [0.1, 0.15) is 18.5 Å². The van der Waals surface area contributed by atoms with Crippen LogP contribution in [0.4, 0.5) is 0 Å². The number of hydrogen-bond acceptors (Lipinski definition) is 6. The molecule has 0 aliphatic heterocycles. The lowest BCUT2D eigenvalue weighted by Crippen LogP contribution is -2.13. The first-order chi connectivity index (χ1) is 11.5. The van der Waals surface area contributed by atoms with Crippen LogP contribution < -0.4 is 4.74 Å². The number of esters is 1. The van der Waals surface area contributed by atoms with E-state index in [0.29, 0.717) is 17.7 Å². The molecule has 0 aromatic heterocycles. The van der Waals surface area contributed by atoms with Crippen molar-refractivity contribution in [2.45, 2.75) is 25.9 Å². The van der Waals surface area contributed by atoms with Gasteiger partial charge in [-0.2, -0.15) is 0 Å². The fourth-order valence-electron chi connectivity index (χ4n) is 2.13. The molecule has 0 fully saturated rings. The number of methoxy groups -OCH3 is 1. The summed E-state index contributed by atoms with van der Waals surface area (Å²) in [6, 6.07) is 7.00. The van der Waals surface area contributed by atoms with E-state index in [-0.39, 0.29) is 32.0 Å². The minimum atomic E-state index is -0.520. The molecule has 1 aromatic rings. The zero-order valence-electron chi connectivity index (χ0n) is 14.1. The number of carbonyl (C=O) groups is 2. The summed E-state index contributed by atoms with van der Waals surface area (Å²) >= 11 is 0. The van der Waals surface area contributed by atoms with E-state index in [1.165, 1.54) is 14.0 Å². The number of rotatable bonds is 11. The van der Waals surface area contributed by atoms with Crippen LogP contribution in [0.5, 0.6) is 5.75 Å². The fourth-order valence-corrected chi connectivity index (χ4v) is 2.13. The van der Waals surface area contributed by atoms with E-state index >= 15 is 0 Å². The topological polar surface area (TPSA) is 82.1 Å². The van der Waals surface area contributed by atoms with Crippen molar-refractivity contribution in [1.29, 1.82) is 0 Å². The molecule has 0 bridgehead atoms. The highest BCUT2D eigenvalue weighted by molar-refractivity contribution is 5.94. The van der Waals surface area contributed by atoms with Gasteiger partial charge in [0, 0.05) is 26.0 Å². The van der Waals surface area contributed by atoms with Gasteiger partial charge in [-0.05, 0) is 24.1 Å². The molecular weight excluding hydrogens is 312 g/mol. The van der Waals surface area contributed by atoms with Crippen molar-refractivity contribution in [1.82, 2.24) is 0 Å². The van der Waals surface area contributed by atoms with Gasteiger partial charge in [-0.1, -0.05) is 18.7 Å². The molecule has 1 rings (SSSR count). The number of aliphatic hydroxyl groups is 1. The number of aliphatic hydroxyl groups excluding tert-OH is 1. The lowest BCUT2D eigenvalue weighted by Gasteiger charge is -2.18. The van der Waals surface area contributed by atoms with Gasteiger partial charge in [0.15, 0.2) is 5.78 Å². The molecule has 1 N–H and O–H groups in total. The molecule has 24 heavy (non-hydrogen) atoms. The van der Waals surface area contributed by atoms with Crippen LogP contribution in [-0.2, 0) is 19.1 Å². The largest absolute Gasteiger partial charge is 0.491 e. The molecule has 1 atom stereocenters. The van der Waals surface area contributed by atoms with E-state index in [1.807, 2.05) is 0 Å². The van der Waals surface area contributed by atoms with Crippen LogP contribution in [0.25, 0.3) is 0 Å². The third-order valence-corrected chi connectivity index (χ3v) is 3.27. The number of ether oxygens (including phenoxy) is 3. The van der Waals surface area contributed by atoms with Gasteiger partial charge in [-0.3, -0.25) is 9.59 Å². The third kappa shape index (κ3) is 6.93. The van der Waals surface area contributed by atoms with Crippen molar-refractivity contribution < 1.29 is 28.9 Å². The maximum absolute atomic E-state index is 12.0. The maximum Gasteiger partial charge on any atom is 0.303 e. The summed E-state index contributed by atoms with van der Waals surface area (Å²) < 4.78 is 15.5. The molecule has 0 saturated carbocycles. The Balaban J connectivity index is 2.72. The quantitative estimate of drug-likeness (QED) is 0.493. The summed E-state index contributed by atoms with van der Waals surface area (Å²) in [7, 11) is 1.50. The van der Waals surface area contributed by atoms with Crippen LogP contribution in [0.15, 0.2) is 36.4 Å². The van der Waals surface area contributed by atoms with Crippen molar-refractivity contribution in [2.24, 2.45) is 0 Å². The Labute approximate surface area is 142 Å². The van der Waals surface area contributed by atoms with Crippen molar-refractivity contribution >= 4 is 11.8 Å². The van der Waals surface area contributed by atoms with Crippen molar-refractivity contribution in [3.05, 3.63) is 42.0 Å². The van der Waals surface area contributed by atoms with Gasteiger partial charge < -0.3 is 19.3 Å². The number of Topliss-reactive ketones (excluding diaryl/α,β-unsaturated/α-hetero) is 1. The zero-order valence-corrected chi connectivity index (χ0v) is 14.1. The number of hydrogen-bond donors (Lipinski definition) is 1. The van der Waals surface area contributed by atoms with Crippen LogP contribution >= 0.6 is 0 Å². The Bertz CT molecular complexity index is 549. The highest BCUT2D eigenvalue weighted by Crippen LogP contribution is 2.26. The standard InChI is InChI=1S/C18H24O6/c1-13(12-22-3)17(21)8-9-18(24-14(2)20)15-4-6-16(7-5-15)23-11-10-19/h4-7,18-19H,1,8-12H2,2-3H3/t18-/m1/s1. The van der Waals surface area contributed by atoms with Gasteiger partial charge in [-0.15, -0.1) is 0 Å². The van der Waals surface area contributed by atoms with Gasteiger partial charge in [0.25, 0.3) is 0 Å². The second-order valence-electron chi connectivity index (χ2n) is 5.24. The normalized spacial score (nSPS) is 11.6. The van der Waals surface area contributed by atoms with Gasteiger partial charge in [0.2, 0.25) is 0 Å². The minimum absolute atomic E-state index is 0.0642. The van der Waals surface area contributed by atoms with E-state index in [4.69, 9.17) is 19.3 Å². The van der Waals surface area contributed by atoms with Crippen LogP contribution in [0.2, 0.25) is 0 Å². The molecule has 6 heteroatoms. The highest BCUT2D eigenvalue weighted by Gasteiger charge is 2.18. The molecule has 1 aromatic carbocycles. The predicted molar refractivity (Wildman–Crippen MR) is 88.8 cm³/mol. The number of benzene rings is 1. The molecule has 0 spiro atoms. The number of carbonyl (C=O) groups excluding carboxylic acids is 2. The van der Waals surface area contributed by atoms with Crippen LogP contribution in [0, 0.1) is 0 Å². The average molecular weight is 336 g/mol. The summed E-state index contributed by atoms with van der Waals surface area (Å²) in [4.78, 5) is 23.3. The molecule has 0 radical (unpaired) electrons. The van der Waals surface area contributed by atoms with Gasteiger partial charge in [-0.25, -0.2) is 0 Å². The molecule has 6 nitrogen and oxygen atoms in total. The summed E-state index contributed by atoms with van der Waals surface area (Å²) in [6.45, 7) is 5.34. The monoisotopic (exact) mass is 336 g/mol. The maximum atomic E-state index is 12.0. The average Bonchev–Trinajstić information content (AvgIpc) is 2.56. The molecule has 0 aliphatic carbocycles. The SMILES string of the molecule is C=C(COC)C(=O)CC[C@@H](OC(C)=O)c1ccc(OCCO)cc1. The van der Waals surface area contributed by atoms with Crippen molar-refractivity contribution in [3.63, 3.8) is 0 Å². The van der Waals surface area contributed by atoms with E-state index in [9.17, 15) is 9.59 Å². The fraction of sp³-hybridized carbons (Fsp3) is 0.444. The molecular formula is C18H24O6. The van der Waals surface area contributed by atoms with E-state index in [0.717, 1.165) is 5.56 Å².